The molecule has 4 aromatic rings. The van der Waals surface area contributed by atoms with E-state index in [4.69, 9.17) is 14.2 Å². The lowest BCUT2D eigenvalue weighted by atomic mass is 9.99. The number of methoxy groups -OCH3 is 1. The summed E-state index contributed by atoms with van der Waals surface area (Å²) in [5.74, 6) is -1.42. The van der Waals surface area contributed by atoms with Crippen LogP contribution in [0, 0.1) is 28.9 Å². The predicted molar refractivity (Wildman–Crippen MR) is 172 cm³/mol. The molecule has 46 heavy (non-hydrogen) atoms. The quantitative estimate of drug-likeness (QED) is 0.137. The molecule has 0 aliphatic heterocycles. The molecule has 0 bridgehead atoms. The van der Waals surface area contributed by atoms with Gasteiger partial charge in [0, 0.05) is 41.1 Å². The monoisotopic (exact) mass is 632 g/mol. The second-order valence-corrected chi connectivity index (χ2v) is 11.5. The molecule has 1 aromatic heterocycles. The van der Waals surface area contributed by atoms with Gasteiger partial charge in [-0.15, -0.1) is 0 Å². The number of fused-ring (bicyclic) bond motifs is 1. The van der Waals surface area contributed by atoms with E-state index in [1.165, 1.54) is 36.4 Å². The number of rotatable bonds is 13. The Hall–Kier alpha value is -4.77. The van der Waals surface area contributed by atoms with Crippen molar-refractivity contribution in [2.45, 2.75) is 39.7 Å². The average Bonchev–Trinajstić information content (AvgIpc) is 3.61. The third-order valence-corrected chi connectivity index (χ3v) is 8.95. The number of carbonyl (C=O) groups excluding carboxylic acids is 2. The number of halogens is 2. The minimum atomic E-state index is -1.36. The average molecular weight is 633 g/mol. The molecule has 1 saturated carbocycles. The number of hydrogen-bond donors (Lipinski definition) is 3. The summed E-state index contributed by atoms with van der Waals surface area (Å²) in [7, 11) is 3.46. The van der Waals surface area contributed by atoms with Crippen LogP contribution in [0.1, 0.15) is 33.6 Å². The topological polar surface area (TPSA) is 111 Å². The van der Waals surface area contributed by atoms with E-state index in [-0.39, 0.29) is 23.3 Å². The molecule has 1 aliphatic carbocycles. The Morgan fingerprint density at radius 1 is 0.891 bits per heavy atom. The zero-order valence-electron chi connectivity index (χ0n) is 26.4. The molecular weight excluding hydrogens is 594 g/mol. The van der Waals surface area contributed by atoms with Crippen LogP contribution in [0.4, 0.5) is 20.2 Å². The lowest BCUT2D eigenvalue weighted by molar-refractivity contribution is -0.132. The van der Waals surface area contributed by atoms with Crippen molar-refractivity contribution in [2.24, 2.45) is 17.3 Å². The Morgan fingerprint density at radius 2 is 1.57 bits per heavy atom. The number of ether oxygens (including phenoxy) is 3. The van der Waals surface area contributed by atoms with E-state index in [1.54, 1.807) is 45.4 Å². The zero-order valence-corrected chi connectivity index (χ0v) is 26.4. The molecule has 5 rings (SSSR count). The van der Waals surface area contributed by atoms with E-state index in [2.05, 4.69) is 27.9 Å². The van der Waals surface area contributed by atoms with Crippen LogP contribution in [0.15, 0.2) is 66.9 Å². The van der Waals surface area contributed by atoms with Crippen molar-refractivity contribution < 1.29 is 32.6 Å². The number of pyridine rings is 1. The first-order valence-corrected chi connectivity index (χ1v) is 15.2. The fourth-order valence-corrected chi connectivity index (χ4v) is 5.84. The van der Waals surface area contributed by atoms with E-state index in [1.807, 2.05) is 7.05 Å². The first kappa shape index (κ1) is 32.6. The van der Waals surface area contributed by atoms with Crippen LogP contribution in [-0.2, 0) is 9.59 Å². The lowest BCUT2D eigenvalue weighted by Crippen LogP contribution is -2.38. The number of anilines is 2. The highest BCUT2D eigenvalue weighted by Crippen LogP contribution is 2.59. The van der Waals surface area contributed by atoms with Gasteiger partial charge in [-0.1, -0.05) is 20.8 Å². The summed E-state index contributed by atoms with van der Waals surface area (Å²) in [6.45, 7) is 6.21. The molecule has 3 N–H and O–H groups in total. The number of hydrogen-bond acceptors (Lipinski definition) is 7. The van der Waals surface area contributed by atoms with E-state index in [9.17, 15) is 14.0 Å². The predicted octanol–water partition coefficient (Wildman–Crippen LogP) is 6.93. The van der Waals surface area contributed by atoms with Crippen molar-refractivity contribution in [1.29, 1.82) is 0 Å². The van der Waals surface area contributed by atoms with Gasteiger partial charge in [0.15, 0.2) is 23.1 Å². The fourth-order valence-electron chi connectivity index (χ4n) is 5.84. The van der Waals surface area contributed by atoms with Gasteiger partial charge in [0.05, 0.1) is 19.2 Å². The summed E-state index contributed by atoms with van der Waals surface area (Å²) in [5.41, 5.74) is -0.240. The Balaban J connectivity index is 1.30. The van der Waals surface area contributed by atoms with Crippen LogP contribution in [0.2, 0.25) is 0 Å². The van der Waals surface area contributed by atoms with E-state index in [0.717, 1.165) is 18.9 Å². The summed E-state index contributed by atoms with van der Waals surface area (Å²) < 4.78 is 46.2. The highest BCUT2D eigenvalue weighted by Gasteiger charge is 2.69. The van der Waals surface area contributed by atoms with Gasteiger partial charge in [-0.25, -0.2) is 8.78 Å². The van der Waals surface area contributed by atoms with Gasteiger partial charge in [0.25, 0.3) is 0 Å². The first-order chi connectivity index (χ1) is 22.1. The largest absolute Gasteiger partial charge is 0.493 e. The molecule has 1 heterocycles. The third kappa shape index (κ3) is 6.46. The summed E-state index contributed by atoms with van der Waals surface area (Å²) >= 11 is 0. The number of amides is 2. The summed E-state index contributed by atoms with van der Waals surface area (Å²) in [6, 6.07) is 14.8. The Kier molecular flexibility index (Phi) is 9.71. The van der Waals surface area contributed by atoms with Crippen LogP contribution < -0.4 is 30.2 Å². The van der Waals surface area contributed by atoms with Crippen molar-refractivity contribution in [3.63, 3.8) is 0 Å². The summed E-state index contributed by atoms with van der Waals surface area (Å²) in [4.78, 5) is 31.1. The molecule has 4 atom stereocenters. The Labute approximate surface area is 266 Å². The molecule has 1 aliphatic rings. The van der Waals surface area contributed by atoms with Crippen LogP contribution in [0.5, 0.6) is 23.0 Å². The van der Waals surface area contributed by atoms with Crippen LogP contribution in [0.3, 0.4) is 0 Å². The molecule has 2 amide bonds. The minimum absolute atomic E-state index is 0.0700. The van der Waals surface area contributed by atoms with E-state index < -0.39 is 28.9 Å². The van der Waals surface area contributed by atoms with Gasteiger partial charge in [-0.05, 0) is 80.3 Å². The summed E-state index contributed by atoms with van der Waals surface area (Å²) in [6.07, 6.45) is 3.36. The zero-order chi connectivity index (χ0) is 33.0. The van der Waals surface area contributed by atoms with Crippen molar-refractivity contribution in [2.75, 3.05) is 31.4 Å². The van der Waals surface area contributed by atoms with E-state index >= 15 is 4.39 Å². The number of nitrogens with zero attached hydrogens (tertiary/aromatic N) is 1. The van der Waals surface area contributed by atoms with Crippen LogP contribution in [0.25, 0.3) is 10.9 Å². The molecule has 3 aromatic carbocycles. The Bertz CT molecular complexity index is 1720. The molecule has 9 nitrogen and oxygen atoms in total. The maximum absolute atomic E-state index is 15.4. The highest BCUT2D eigenvalue weighted by atomic mass is 19.1. The molecule has 0 saturated heterocycles. The Morgan fingerprint density at radius 3 is 2.17 bits per heavy atom. The molecule has 242 valence electrons. The number of carbonyl (C=O) groups is 2. The number of nitrogens with one attached hydrogen (secondary N) is 3. The molecule has 0 spiro atoms. The SMILES string of the molecule is CCC(CCOc1cc2nccc(Oc3ccc(NC(=O)C4(C(=O)Nc5ccc(F)cc5)[C@H](C)[C@@H]4C)cc3F)c2cc1OC)NC. The standard InChI is InChI=1S/C35H38F2N4O5/c1-6-23(38-4)14-16-45-32-19-28-26(18-31(32)44-5)29(13-15-39-28)46-30-12-11-25(17-27(30)37)41-34(43)35(20(2)21(35)3)33(42)40-24-9-7-22(36)8-10-24/h7-13,15,17-21,23,38H,6,14,16H2,1-5H3,(H,40,42)(H,41,43)/t20-,21+,23?,35?. The number of benzene rings is 3. The van der Waals surface area contributed by atoms with Crippen molar-refractivity contribution in [1.82, 2.24) is 10.3 Å². The maximum atomic E-state index is 15.4. The molecule has 0 radical (unpaired) electrons. The molecular formula is C35H38F2N4O5. The van der Waals surface area contributed by atoms with Gasteiger partial charge in [0.2, 0.25) is 11.8 Å². The van der Waals surface area contributed by atoms with Gasteiger partial charge < -0.3 is 30.2 Å². The van der Waals surface area contributed by atoms with Crippen molar-refractivity contribution in [3.8, 4) is 23.0 Å². The molecule has 11 heteroatoms. The second-order valence-electron chi connectivity index (χ2n) is 11.5. The number of aromatic nitrogens is 1. The van der Waals surface area contributed by atoms with Crippen LogP contribution >= 0.6 is 0 Å². The van der Waals surface area contributed by atoms with E-state index in [0.29, 0.717) is 46.5 Å². The second kappa shape index (κ2) is 13.7. The first-order valence-electron chi connectivity index (χ1n) is 15.2. The van der Waals surface area contributed by atoms with Crippen molar-refractivity contribution >= 4 is 34.1 Å². The molecule has 1 fully saturated rings. The lowest BCUT2D eigenvalue weighted by Gasteiger charge is -2.18. The minimum Gasteiger partial charge on any atom is -0.493 e. The summed E-state index contributed by atoms with van der Waals surface area (Å²) in [5, 5.41) is 9.25. The normalized spacial score (nSPS) is 19.3. The maximum Gasteiger partial charge on any atom is 0.240 e. The van der Waals surface area contributed by atoms with Gasteiger partial charge in [-0.2, -0.15) is 0 Å². The van der Waals surface area contributed by atoms with Gasteiger partial charge >= 0.3 is 0 Å². The third-order valence-electron chi connectivity index (χ3n) is 8.95. The highest BCUT2D eigenvalue weighted by molar-refractivity contribution is 6.17. The fraction of sp³-hybridized carbons (Fsp3) is 0.343. The van der Waals surface area contributed by atoms with Gasteiger partial charge in [0.1, 0.15) is 17.0 Å². The smallest absolute Gasteiger partial charge is 0.240 e. The molecule has 2 unspecified atom stereocenters. The van der Waals surface area contributed by atoms with Gasteiger partial charge in [-0.3, -0.25) is 14.6 Å². The van der Waals surface area contributed by atoms with Crippen molar-refractivity contribution in [3.05, 3.63) is 78.5 Å². The van der Waals surface area contributed by atoms with Crippen LogP contribution in [-0.4, -0.2) is 43.6 Å².